The molecule has 0 saturated heterocycles. The van der Waals surface area contributed by atoms with Crippen LogP contribution >= 0.6 is 0 Å². The van der Waals surface area contributed by atoms with Crippen molar-refractivity contribution < 1.29 is 17.6 Å². The predicted octanol–water partition coefficient (Wildman–Crippen LogP) is 4.00. The smallest absolute Gasteiger partial charge is 0.367 e. The minimum absolute atomic E-state index is 0.00354. The van der Waals surface area contributed by atoms with E-state index in [4.69, 9.17) is 0 Å². The number of rotatable bonds is 3. The van der Waals surface area contributed by atoms with Crippen LogP contribution in [-0.4, -0.2) is 16.0 Å². The molecule has 1 aromatic heterocycles. The van der Waals surface area contributed by atoms with E-state index in [0.717, 1.165) is 6.07 Å². The highest BCUT2D eigenvalue weighted by Crippen LogP contribution is 2.31. The molecule has 1 heterocycles. The first-order chi connectivity index (χ1) is 9.32. The Hall–Kier alpha value is -1.92. The van der Waals surface area contributed by atoms with Crippen LogP contribution in [0, 0.1) is 5.82 Å². The summed E-state index contributed by atoms with van der Waals surface area (Å²) >= 11 is 0. The number of hydrogen-bond acceptors (Lipinski definition) is 3. The summed E-state index contributed by atoms with van der Waals surface area (Å²) in [5.41, 5.74) is -0.333. The van der Waals surface area contributed by atoms with Gasteiger partial charge in [-0.3, -0.25) is 0 Å². The van der Waals surface area contributed by atoms with Crippen LogP contribution in [0.5, 0.6) is 0 Å². The van der Waals surface area contributed by atoms with Crippen molar-refractivity contribution in [2.45, 2.75) is 32.5 Å². The van der Waals surface area contributed by atoms with Crippen LogP contribution in [0.15, 0.2) is 18.2 Å². The summed E-state index contributed by atoms with van der Waals surface area (Å²) in [7, 11) is 0. The molecule has 0 saturated carbocycles. The number of alkyl halides is 3. The Bertz CT molecular complexity index is 625. The zero-order valence-corrected chi connectivity index (χ0v) is 10.9. The van der Waals surface area contributed by atoms with Gasteiger partial charge in [-0.1, -0.05) is 13.0 Å². The molecule has 2 rings (SSSR count). The van der Waals surface area contributed by atoms with Crippen molar-refractivity contribution in [2.24, 2.45) is 0 Å². The number of para-hydroxylation sites is 1. The first-order valence-corrected chi connectivity index (χ1v) is 6.13. The van der Waals surface area contributed by atoms with Gasteiger partial charge in [0.15, 0.2) is 0 Å². The second kappa shape index (κ2) is 5.22. The first-order valence-electron chi connectivity index (χ1n) is 6.13. The minimum atomic E-state index is -4.72. The number of fused-ring (bicyclic) bond motifs is 1. The molecule has 7 heteroatoms. The molecular formula is C13H13F4N3. The number of nitrogens with zero attached hydrogens (tertiary/aromatic N) is 2. The van der Waals surface area contributed by atoms with Gasteiger partial charge >= 0.3 is 6.18 Å². The summed E-state index contributed by atoms with van der Waals surface area (Å²) < 4.78 is 52.0. The van der Waals surface area contributed by atoms with E-state index < -0.39 is 17.8 Å². The second-order valence-electron chi connectivity index (χ2n) is 4.48. The Morgan fingerprint density at radius 2 is 1.95 bits per heavy atom. The van der Waals surface area contributed by atoms with Crippen molar-refractivity contribution in [3.8, 4) is 0 Å². The Kier molecular flexibility index (Phi) is 3.78. The molecule has 1 unspecified atom stereocenters. The molecule has 0 spiro atoms. The summed E-state index contributed by atoms with van der Waals surface area (Å²) in [6, 6.07) is 3.89. The van der Waals surface area contributed by atoms with Crippen LogP contribution in [0.1, 0.15) is 26.1 Å². The van der Waals surface area contributed by atoms with Crippen LogP contribution < -0.4 is 5.32 Å². The highest BCUT2D eigenvalue weighted by molar-refractivity contribution is 5.89. The van der Waals surface area contributed by atoms with Crippen LogP contribution in [-0.2, 0) is 6.18 Å². The van der Waals surface area contributed by atoms with Crippen molar-refractivity contribution in [2.75, 3.05) is 5.32 Å². The Morgan fingerprint density at radius 3 is 2.55 bits per heavy atom. The highest BCUT2D eigenvalue weighted by Gasteiger charge is 2.36. The SMILES string of the molecule is CCC(C)Nc1nc(C(F)(F)F)nc2c(F)cccc12. The molecule has 1 aromatic carbocycles. The predicted molar refractivity (Wildman–Crippen MR) is 67.9 cm³/mol. The lowest BCUT2D eigenvalue weighted by Crippen LogP contribution is -2.18. The van der Waals surface area contributed by atoms with Gasteiger partial charge in [-0.05, 0) is 25.5 Å². The maximum atomic E-state index is 13.7. The van der Waals surface area contributed by atoms with E-state index in [9.17, 15) is 17.6 Å². The monoisotopic (exact) mass is 287 g/mol. The topological polar surface area (TPSA) is 37.8 Å². The molecule has 2 aromatic rings. The zero-order valence-electron chi connectivity index (χ0n) is 10.9. The van der Waals surface area contributed by atoms with Gasteiger partial charge in [0.2, 0.25) is 5.82 Å². The second-order valence-corrected chi connectivity index (χ2v) is 4.48. The average Bonchev–Trinajstić information content (AvgIpc) is 2.38. The average molecular weight is 287 g/mol. The zero-order chi connectivity index (χ0) is 14.9. The van der Waals surface area contributed by atoms with Crippen LogP contribution in [0.2, 0.25) is 0 Å². The van der Waals surface area contributed by atoms with Crippen molar-refractivity contribution in [1.29, 1.82) is 0 Å². The fourth-order valence-corrected chi connectivity index (χ4v) is 1.69. The lowest BCUT2D eigenvalue weighted by atomic mass is 10.2. The van der Waals surface area contributed by atoms with E-state index >= 15 is 0 Å². The molecule has 0 aliphatic rings. The first kappa shape index (κ1) is 14.5. The standard InChI is InChI=1S/C13H13F4N3/c1-3-7(2)18-11-8-5-4-6-9(14)10(8)19-12(20-11)13(15,16)17/h4-7H,3H2,1-2H3,(H,18,19,20). The van der Waals surface area contributed by atoms with E-state index in [1.54, 1.807) is 6.92 Å². The largest absolute Gasteiger partial charge is 0.451 e. The molecule has 1 atom stereocenters. The van der Waals surface area contributed by atoms with Gasteiger partial charge in [0.25, 0.3) is 0 Å². The number of anilines is 1. The summed E-state index contributed by atoms with van der Waals surface area (Å²) in [6.45, 7) is 3.69. The lowest BCUT2D eigenvalue weighted by molar-refractivity contribution is -0.144. The molecule has 108 valence electrons. The molecule has 0 fully saturated rings. The summed E-state index contributed by atoms with van der Waals surface area (Å²) in [5, 5.41) is 3.09. The molecule has 0 bridgehead atoms. The Morgan fingerprint density at radius 1 is 1.25 bits per heavy atom. The van der Waals surface area contributed by atoms with Gasteiger partial charge in [-0.15, -0.1) is 0 Å². The van der Waals surface area contributed by atoms with Crippen LogP contribution in [0.25, 0.3) is 10.9 Å². The summed E-state index contributed by atoms with van der Waals surface area (Å²) in [5.74, 6) is -2.15. The molecule has 0 amide bonds. The maximum Gasteiger partial charge on any atom is 0.451 e. The van der Waals surface area contributed by atoms with Crippen molar-refractivity contribution in [3.05, 3.63) is 29.8 Å². The molecule has 0 aliphatic carbocycles. The van der Waals surface area contributed by atoms with E-state index in [0.29, 0.717) is 6.42 Å². The number of nitrogens with one attached hydrogen (secondary N) is 1. The molecule has 1 N–H and O–H groups in total. The van der Waals surface area contributed by atoms with Gasteiger partial charge in [-0.2, -0.15) is 13.2 Å². The molecule has 0 aliphatic heterocycles. The number of benzene rings is 1. The fraction of sp³-hybridized carbons (Fsp3) is 0.385. The number of halogens is 4. The molecular weight excluding hydrogens is 274 g/mol. The van der Waals surface area contributed by atoms with Gasteiger partial charge < -0.3 is 5.32 Å². The van der Waals surface area contributed by atoms with Gasteiger partial charge in [0.05, 0.1) is 0 Å². The quantitative estimate of drug-likeness (QED) is 0.867. The summed E-state index contributed by atoms with van der Waals surface area (Å²) in [4.78, 5) is 6.78. The van der Waals surface area contributed by atoms with Crippen molar-refractivity contribution in [1.82, 2.24) is 9.97 Å². The van der Waals surface area contributed by atoms with Gasteiger partial charge in [0.1, 0.15) is 17.2 Å². The van der Waals surface area contributed by atoms with Crippen LogP contribution in [0.3, 0.4) is 0 Å². The normalized spacial score (nSPS) is 13.5. The Balaban J connectivity index is 2.67. The molecule has 0 radical (unpaired) electrons. The van der Waals surface area contributed by atoms with Crippen LogP contribution in [0.4, 0.5) is 23.4 Å². The third kappa shape index (κ3) is 2.81. The third-order valence-corrected chi connectivity index (χ3v) is 2.93. The number of aromatic nitrogens is 2. The lowest BCUT2D eigenvalue weighted by Gasteiger charge is -2.16. The molecule has 3 nitrogen and oxygen atoms in total. The van der Waals surface area contributed by atoms with E-state index in [1.165, 1.54) is 12.1 Å². The van der Waals surface area contributed by atoms with Gasteiger partial charge in [0, 0.05) is 11.4 Å². The van der Waals surface area contributed by atoms with Gasteiger partial charge in [-0.25, -0.2) is 14.4 Å². The molecule has 20 heavy (non-hydrogen) atoms. The highest BCUT2D eigenvalue weighted by atomic mass is 19.4. The minimum Gasteiger partial charge on any atom is -0.367 e. The maximum absolute atomic E-state index is 13.7. The van der Waals surface area contributed by atoms with Crippen molar-refractivity contribution in [3.63, 3.8) is 0 Å². The third-order valence-electron chi connectivity index (χ3n) is 2.93. The fourth-order valence-electron chi connectivity index (χ4n) is 1.69. The number of hydrogen-bond donors (Lipinski definition) is 1. The van der Waals surface area contributed by atoms with E-state index in [1.807, 2.05) is 6.92 Å². The Labute approximate surface area is 113 Å². The van der Waals surface area contributed by atoms with E-state index in [-0.39, 0.29) is 22.8 Å². The van der Waals surface area contributed by atoms with E-state index in [2.05, 4.69) is 15.3 Å². The summed E-state index contributed by atoms with van der Waals surface area (Å²) in [6.07, 6.45) is -4.02. The van der Waals surface area contributed by atoms with Crippen molar-refractivity contribution >= 4 is 16.7 Å².